The van der Waals surface area contributed by atoms with Gasteiger partial charge in [0.05, 0.1) is 0 Å². The van der Waals surface area contributed by atoms with Crippen molar-refractivity contribution >= 4 is 12.1 Å². The van der Waals surface area contributed by atoms with Crippen molar-refractivity contribution in [2.75, 3.05) is 0 Å². The van der Waals surface area contributed by atoms with Crippen molar-refractivity contribution in [3.05, 3.63) is 38.0 Å². The van der Waals surface area contributed by atoms with Crippen LogP contribution in [0.2, 0.25) is 0 Å². The largest absolute Gasteiger partial charge is 0.322 e. The van der Waals surface area contributed by atoms with Gasteiger partial charge in [0.2, 0.25) is 0 Å². The van der Waals surface area contributed by atoms with Crippen molar-refractivity contribution in [2.45, 2.75) is 0 Å². The third kappa shape index (κ3) is 6.47. The fraction of sp³-hybridized carbons (Fsp3) is 0. The van der Waals surface area contributed by atoms with Gasteiger partial charge in [0, 0.05) is 12.4 Å². The molecule has 6 heteroatoms. The zero-order chi connectivity index (χ0) is 10.8. The van der Waals surface area contributed by atoms with Crippen LogP contribution in [0.5, 0.6) is 0 Å². The molecule has 0 radical (unpaired) electrons. The van der Waals surface area contributed by atoms with Crippen LogP contribution in [0.4, 0.5) is 9.59 Å². The molecule has 0 saturated heterocycles. The molecule has 0 spiro atoms. The fourth-order valence-corrected chi connectivity index (χ4v) is 0.503. The Bertz CT molecular complexity index is 234. The first kappa shape index (κ1) is 11.8. The quantitative estimate of drug-likeness (QED) is 0.523. The van der Waals surface area contributed by atoms with Crippen LogP contribution in [0.1, 0.15) is 0 Å². The van der Waals surface area contributed by atoms with Crippen LogP contribution in [-0.2, 0) is 0 Å². The van der Waals surface area contributed by atoms with Crippen LogP contribution in [-0.4, -0.2) is 12.1 Å². The number of urea groups is 2. The molecule has 0 fully saturated rings. The summed E-state index contributed by atoms with van der Waals surface area (Å²) in [6.45, 7) is 6.59. The number of nitrogens with one attached hydrogen (secondary N) is 4. The Morgan fingerprint density at radius 2 is 1.14 bits per heavy atom. The maximum atomic E-state index is 10.7. The summed E-state index contributed by atoms with van der Waals surface area (Å²) in [7, 11) is 0. The van der Waals surface area contributed by atoms with Crippen LogP contribution in [0, 0.1) is 0 Å². The number of amides is 4. The summed E-state index contributed by atoms with van der Waals surface area (Å²) in [6.07, 6.45) is 5.01. The molecule has 0 rings (SSSR count). The van der Waals surface area contributed by atoms with E-state index >= 15 is 0 Å². The molecule has 76 valence electrons. The van der Waals surface area contributed by atoms with E-state index < -0.39 is 12.1 Å². The van der Waals surface area contributed by atoms with Gasteiger partial charge in [0.25, 0.3) is 0 Å². The molecule has 4 amide bonds. The second kappa shape index (κ2) is 7.41. The van der Waals surface area contributed by atoms with Gasteiger partial charge in [-0.2, -0.15) is 0 Å². The zero-order valence-electron chi connectivity index (χ0n) is 7.54. The smallest absolute Gasteiger partial charge is 0.315 e. The summed E-state index contributed by atoms with van der Waals surface area (Å²) in [4.78, 5) is 21.4. The summed E-state index contributed by atoms with van der Waals surface area (Å²) in [5, 5.41) is 9.18. The van der Waals surface area contributed by atoms with Crippen LogP contribution in [0.25, 0.3) is 0 Å². The minimum atomic E-state index is -0.442. The summed E-state index contributed by atoms with van der Waals surface area (Å²) in [6, 6.07) is -0.885. The van der Waals surface area contributed by atoms with Crippen molar-refractivity contribution in [1.82, 2.24) is 21.3 Å². The zero-order valence-corrected chi connectivity index (χ0v) is 7.54. The van der Waals surface area contributed by atoms with E-state index in [-0.39, 0.29) is 0 Å². The van der Waals surface area contributed by atoms with Gasteiger partial charge in [0.15, 0.2) is 0 Å². The summed E-state index contributed by atoms with van der Waals surface area (Å²) in [5.41, 5.74) is 0. The van der Waals surface area contributed by atoms with Gasteiger partial charge < -0.3 is 21.3 Å². The van der Waals surface area contributed by atoms with E-state index in [2.05, 4.69) is 34.4 Å². The highest BCUT2D eigenvalue weighted by molar-refractivity contribution is 5.77. The van der Waals surface area contributed by atoms with Gasteiger partial charge in [-0.1, -0.05) is 13.2 Å². The molecule has 0 heterocycles. The molecule has 0 aromatic heterocycles. The van der Waals surface area contributed by atoms with Crippen molar-refractivity contribution in [2.24, 2.45) is 0 Å². The number of carbonyl (C=O) groups excluding carboxylic acids is 2. The Morgan fingerprint density at radius 3 is 1.43 bits per heavy atom. The SMILES string of the molecule is C=CNC(=O)N/C=C\NC(=O)NC=C. The standard InChI is InChI=1S/C8H12N4O2/c1-3-9-7(13)11-5-6-12-8(14)10-4-2/h3-6H,1-2H2,(H2,9,11,13)(H2,10,12,14)/b6-5-. The highest BCUT2D eigenvalue weighted by atomic mass is 16.2. The maximum absolute atomic E-state index is 10.7. The van der Waals surface area contributed by atoms with Crippen molar-refractivity contribution < 1.29 is 9.59 Å². The lowest BCUT2D eigenvalue weighted by molar-refractivity contribution is 0.245. The Kier molecular flexibility index (Phi) is 6.23. The normalized spacial score (nSPS) is 8.86. The summed E-state index contributed by atoms with van der Waals surface area (Å²) < 4.78 is 0. The molecule has 0 unspecified atom stereocenters. The topological polar surface area (TPSA) is 82.3 Å². The van der Waals surface area contributed by atoms with E-state index in [1.165, 1.54) is 24.8 Å². The van der Waals surface area contributed by atoms with Crippen LogP contribution in [0.15, 0.2) is 38.0 Å². The molecule has 0 saturated carbocycles. The second-order valence-corrected chi connectivity index (χ2v) is 1.98. The minimum Gasteiger partial charge on any atom is -0.315 e. The molecular weight excluding hydrogens is 184 g/mol. The lowest BCUT2D eigenvalue weighted by Crippen LogP contribution is -2.30. The molecular formula is C8H12N4O2. The number of hydrogen-bond donors (Lipinski definition) is 4. The molecule has 4 N–H and O–H groups in total. The first-order valence-electron chi connectivity index (χ1n) is 3.71. The molecule has 0 aromatic carbocycles. The Labute approximate surface area is 81.7 Å². The molecule has 6 nitrogen and oxygen atoms in total. The van der Waals surface area contributed by atoms with Gasteiger partial charge in [0.1, 0.15) is 0 Å². The molecule has 0 aromatic rings. The molecule has 14 heavy (non-hydrogen) atoms. The van der Waals surface area contributed by atoms with Gasteiger partial charge in [-0.3, -0.25) is 0 Å². The maximum Gasteiger partial charge on any atom is 0.322 e. The first-order chi connectivity index (χ1) is 6.70. The third-order valence-electron chi connectivity index (χ3n) is 0.979. The summed E-state index contributed by atoms with van der Waals surface area (Å²) in [5.74, 6) is 0. The van der Waals surface area contributed by atoms with Gasteiger partial charge in [-0.15, -0.1) is 0 Å². The highest BCUT2D eigenvalue weighted by Crippen LogP contribution is 1.68. The monoisotopic (exact) mass is 196 g/mol. The summed E-state index contributed by atoms with van der Waals surface area (Å²) >= 11 is 0. The molecule has 0 aliphatic heterocycles. The van der Waals surface area contributed by atoms with Crippen LogP contribution >= 0.6 is 0 Å². The third-order valence-corrected chi connectivity index (χ3v) is 0.979. The van der Waals surface area contributed by atoms with Crippen molar-refractivity contribution in [3.8, 4) is 0 Å². The molecule has 0 aliphatic carbocycles. The Balaban J connectivity index is 3.62. The fourth-order valence-electron chi connectivity index (χ4n) is 0.503. The number of hydrogen-bond acceptors (Lipinski definition) is 2. The average Bonchev–Trinajstić information content (AvgIpc) is 2.13. The van der Waals surface area contributed by atoms with Crippen LogP contribution < -0.4 is 21.3 Å². The molecule has 0 aliphatic rings. The van der Waals surface area contributed by atoms with E-state index in [1.807, 2.05) is 0 Å². The van der Waals surface area contributed by atoms with Gasteiger partial charge in [-0.25, -0.2) is 9.59 Å². The average molecular weight is 196 g/mol. The second-order valence-electron chi connectivity index (χ2n) is 1.98. The predicted octanol–water partition coefficient (Wildman–Crippen LogP) is 0.343. The lowest BCUT2D eigenvalue weighted by Gasteiger charge is -1.99. The van der Waals surface area contributed by atoms with E-state index in [0.717, 1.165) is 0 Å². The van der Waals surface area contributed by atoms with E-state index in [1.54, 1.807) is 0 Å². The van der Waals surface area contributed by atoms with Crippen molar-refractivity contribution in [3.63, 3.8) is 0 Å². The van der Waals surface area contributed by atoms with Crippen LogP contribution in [0.3, 0.4) is 0 Å². The Hall–Kier alpha value is -2.24. The van der Waals surface area contributed by atoms with Gasteiger partial charge in [-0.05, 0) is 12.4 Å². The molecule has 0 atom stereocenters. The van der Waals surface area contributed by atoms with E-state index in [9.17, 15) is 9.59 Å². The first-order valence-corrected chi connectivity index (χ1v) is 3.71. The van der Waals surface area contributed by atoms with Gasteiger partial charge >= 0.3 is 12.1 Å². The van der Waals surface area contributed by atoms with Crippen molar-refractivity contribution in [1.29, 1.82) is 0 Å². The number of carbonyl (C=O) groups is 2. The lowest BCUT2D eigenvalue weighted by atomic mass is 10.8. The highest BCUT2D eigenvalue weighted by Gasteiger charge is 1.91. The number of rotatable bonds is 4. The predicted molar refractivity (Wildman–Crippen MR) is 52.9 cm³/mol. The molecule has 0 bridgehead atoms. The van der Waals surface area contributed by atoms with E-state index in [4.69, 9.17) is 0 Å². The Morgan fingerprint density at radius 1 is 0.786 bits per heavy atom. The minimum absolute atomic E-state index is 0.442. The van der Waals surface area contributed by atoms with E-state index in [0.29, 0.717) is 0 Å².